The lowest BCUT2D eigenvalue weighted by molar-refractivity contribution is -0.115. The Balaban J connectivity index is 1.77. The Labute approximate surface area is 183 Å². The van der Waals surface area contributed by atoms with E-state index in [9.17, 15) is 9.59 Å². The zero-order valence-corrected chi connectivity index (χ0v) is 19.4. The van der Waals surface area contributed by atoms with Crippen molar-refractivity contribution in [2.24, 2.45) is 0 Å². The molecule has 1 fully saturated rings. The van der Waals surface area contributed by atoms with Crippen LogP contribution in [0.5, 0.6) is 0 Å². The van der Waals surface area contributed by atoms with Crippen molar-refractivity contribution in [2.45, 2.75) is 65.2 Å². The lowest BCUT2D eigenvalue weighted by Crippen LogP contribution is -2.34. The number of imide groups is 1. The average Bonchev–Trinajstić information content (AvgIpc) is 2.96. The smallest absolute Gasteiger partial charge is 0.282 e. The Bertz CT molecular complexity index is 1110. The van der Waals surface area contributed by atoms with Crippen molar-refractivity contribution in [3.05, 3.63) is 63.1 Å². The van der Waals surface area contributed by atoms with E-state index < -0.39 is 0 Å². The molecule has 0 saturated carbocycles. The molecule has 0 spiro atoms. The molecule has 2 aliphatic rings. The first-order valence-electron chi connectivity index (χ1n) is 10.5. The molecule has 0 radical (unpaired) electrons. The molecule has 4 heteroatoms. The Hall–Kier alpha value is -2.33. The standard InChI is InChI=1S/C26H29NO2S/c1-15-11-17(13-22-23(28)27-24(29)30-22)7-8-18(15)19-14-21-20(12-16(19)2)25(3,4)9-10-26(21,5)6/h7-8,11-14H,9-10H2,1-6H3,(H,27,28,29)/b22-13+. The van der Waals surface area contributed by atoms with E-state index in [1.54, 1.807) is 6.08 Å². The minimum atomic E-state index is -0.317. The summed E-state index contributed by atoms with van der Waals surface area (Å²) in [4.78, 5) is 23.7. The number of hydrogen-bond acceptors (Lipinski definition) is 3. The minimum Gasteiger partial charge on any atom is -0.282 e. The van der Waals surface area contributed by atoms with Crippen LogP contribution in [0, 0.1) is 13.8 Å². The number of fused-ring (bicyclic) bond motifs is 1. The van der Waals surface area contributed by atoms with Crippen molar-refractivity contribution in [3.8, 4) is 11.1 Å². The highest BCUT2D eigenvalue weighted by molar-refractivity contribution is 8.18. The molecule has 0 aromatic heterocycles. The highest BCUT2D eigenvalue weighted by Crippen LogP contribution is 2.47. The van der Waals surface area contributed by atoms with E-state index in [2.05, 4.69) is 71.1 Å². The number of carbonyl (C=O) groups is 2. The first-order valence-corrected chi connectivity index (χ1v) is 11.3. The van der Waals surface area contributed by atoms with Gasteiger partial charge in [0.1, 0.15) is 0 Å². The number of carbonyl (C=O) groups excluding carboxylic acids is 2. The van der Waals surface area contributed by atoms with Crippen LogP contribution in [-0.4, -0.2) is 11.1 Å². The number of thioether (sulfide) groups is 1. The number of rotatable bonds is 2. The molecule has 1 heterocycles. The minimum absolute atomic E-state index is 0.172. The van der Waals surface area contributed by atoms with E-state index in [1.807, 2.05) is 6.07 Å². The lowest BCUT2D eigenvalue weighted by Gasteiger charge is -2.42. The molecule has 30 heavy (non-hydrogen) atoms. The fraction of sp³-hybridized carbons (Fsp3) is 0.385. The van der Waals surface area contributed by atoms with Crippen molar-refractivity contribution < 1.29 is 9.59 Å². The molecule has 2 amide bonds. The lowest BCUT2D eigenvalue weighted by atomic mass is 9.62. The molecule has 2 aromatic carbocycles. The van der Waals surface area contributed by atoms with E-state index in [0.29, 0.717) is 4.91 Å². The van der Waals surface area contributed by atoms with Gasteiger partial charge in [0.05, 0.1) is 4.91 Å². The topological polar surface area (TPSA) is 46.2 Å². The van der Waals surface area contributed by atoms with Crippen molar-refractivity contribution in [2.75, 3.05) is 0 Å². The maximum atomic E-state index is 11.8. The molecule has 156 valence electrons. The largest absolute Gasteiger partial charge is 0.290 e. The third-order valence-electron chi connectivity index (χ3n) is 6.68. The molecule has 1 aliphatic carbocycles. The zero-order valence-electron chi connectivity index (χ0n) is 18.6. The Morgan fingerprint density at radius 2 is 1.47 bits per heavy atom. The summed E-state index contributed by atoms with van der Waals surface area (Å²) in [5.74, 6) is -0.317. The maximum Gasteiger partial charge on any atom is 0.290 e. The highest BCUT2D eigenvalue weighted by atomic mass is 32.2. The fourth-order valence-electron chi connectivity index (χ4n) is 4.66. The summed E-state index contributed by atoms with van der Waals surface area (Å²) in [5.41, 5.74) is 9.20. The van der Waals surface area contributed by atoms with Crippen LogP contribution >= 0.6 is 11.8 Å². The molecule has 0 bridgehead atoms. The van der Waals surface area contributed by atoms with Crippen LogP contribution in [0.2, 0.25) is 0 Å². The predicted octanol–water partition coefficient (Wildman–Crippen LogP) is 6.64. The van der Waals surface area contributed by atoms with Crippen LogP contribution in [0.25, 0.3) is 17.2 Å². The number of nitrogens with one attached hydrogen (secondary N) is 1. The van der Waals surface area contributed by atoms with Crippen LogP contribution in [0.15, 0.2) is 35.2 Å². The van der Waals surface area contributed by atoms with Crippen LogP contribution in [-0.2, 0) is 15.6 Å². The summed E-state index contributed by atoms with van der Waals surface area (Å²) in [7, 11) is 0. The first-order chi connectivity index (χ1) is 14.0. The van der Waals surface area contributed by atoms with E-state index in [-0.39, 0.29) is 22.0 Å². The van der Waals surface area contributed by atoms with Gasteiger partial charge in [-0.05, 0) is 94.3 Å². The molecule has 0 atom stereocenters. The summed E-state index contributed by atoms with van der Waals surface area (Å²) in [6.45, 7) is 13.7. The Kier molecular flexibility index (Phi) is 4.97. The van der Waals surface area contributed by atoms with Gasteiger partial charge in [0.25, 0.3) is 11.1 Å². The van der Waals surface area contributed by atoms with Gasteiger partial charge >= 0.3 is 0 Å². The van der Waals surface area contributed by atoms with Crippen LogP contribution in [0.3, 0.4) is 0 Å². The number of hydrogen-bond donors (Lipinski definition) is 1. The zero-order chi connectivity index (χ0) is 21.8. The van der Waals surface area contributed by atoms with Gasteiger partial charge in [-0.3, -0.25) is 14.9 Å². The normalized spacial score (nSPS) is 20.9. The van der Waals surface area contributed by atoms with Gasteiger partial charge in [0.2, 0.25) is 0 Å². The maximum absolute atomic E-state index is 11.8. The second-order valence-corrected chi connectivity index (χ2v) is 10.9. The highest BCUT2D eigenvalue weighted by Gasteiger charge is 2.37. The van der Waals surface area contributed by atoms with Gasteiger partial charge in [-0.25, -0.2) is 0 Å². The molecular formula is C26H29NO2S. The number of aryl methyl sites for hydroxylation is 2. The number of amides is 2. The molecular weight excluding hydrogens is 390 g/mol. The van der Waals surface area contributed by atoms with Gasteiger partial charge < -0.3 is 0 Å². The van der Waals surface area contributed by atoms with Crippen molar-refractivity contribution >= 4 is 29.0 Å². The van der Waals surface area contributed by atoms with Crippen LogP contribution < -0.4 is 5.32 Å². The Morgan fingerprint density at radius 1 is 0.867 bits per heavy atom. The average molecular weight is 420 g/mol. The third-order valence-corrected chi connectivity index (χ3v) is 7.49. The summed E-state index contributed by atoms with van der Waals surface area (Å²) in [5, 5.41) is 2.00. The molecule has 2 aromatic rings. The van der Waals surface area contributed by atoms with E-state index in [1.165, 1.54) is 40.7 Å². The van der Waals surface area contributed by atoms with Crippen LogP contribution in [0.4, 0.5) is 4.79 Å². The van der Waals surface area contributed by atoms with E-state index >= 15 is 0 Å². The molecule has 0 unspecified atom stereocenters. The fourth-order valence-corrected chi connectivity index (χ4v) is 5.35. The molecule has 1 aliphatic heterocycles. The van der Waals surface area contributed by atoms with Crippen molar-refractivity contribution in [1.82, 2.24) is 5.32 Å². The second-order valence-electron chi connectivity index (χ2n) is 9.91. The Morgan fingerprint density at radius 3 is 2.03 bits per heavy atom. The number of benzene rings is 2. The third kappa shape index (κ3) is 3.62. The summed E-state index contributed by atoms with van der Waals surface area (Å²) in [6, 6.07) is 11.1. The monoisotopic (exact) mass is 419 g/mol. The van der Waals surface area contributed by atoms with Crippen molar-refractivity contribution in [1.29, 1.82) is 0 Å². The quantitative estimate of drug-likeness (QED) is 0.555. The van der Waals surface area contributed by atoms with Crippen molar-refractivity contribution in [3.63, 3.8) is 0 Å². The summed E-state index contributed by atoms with van der Waals surface area (Å²) in [6.07, 6.45) is 4.19. The van der Waals surface area contributed by atoms with Gasteiger partial charge in [0, 0.05) is 0 Å². The predicted molar refractivity (Wildman–Crippen MR) is 126 cm³/mol. The van der Waals surface area contributed by atoms with Gasteiger partial charge in [-0.1, -0.05) is 58.0 Å². The summed E-state index contributed by atoms with van der Waals surface area (Å²) >= 11 is 0.954. The van der Waals surface area contributed by atoms with Gasteiger partial charge in [0.15, 0.2) is 0 Å². The molecule has 3 nitrogen and oxygen atoms in total. The molecule has 1 N–H and O–H groups in total. The second kappa shape index (κ2) is 7.12. The van der Waals surface area contributed by atoms with E-state index in [4.69, 9.17) is 0 Å². The van der Waals surface area contributed by atoms with Gasteiger partial charge in [-0.15, -0.1) is 0 Å². The van der Waals surface area contributed by atoms with Gasteiger partial charge in [-0.2, -0.15) is 0 Å². The molecule has 1 saturated heterocycles. The first kappa shape index (κ1) is 20.9. The summed E-state index contributed by atoms with van der Waals surface area (Å²) < 4.78 is 0. The molecule has 4 rings (SSSR count). The van der Waals surface area contributed by atoms with Crippen LogP contribution in [0.1, 0.15) is 68.4 Å². The van der Waals surface area contributed by atoms with E-state index in [0.717, 1.165) is 22.9 Å². The SMILES string of the molecule is Cc1cc(/C=C2/SC(=O)NC2=O)ccc1-c1cc2c(cc1C)C(C)(C)CCC2(C)C.